The van der Waals surface area contributed by atoms with Gasteiger partial charge in [0, 0.05) is 19.6 Å². The molecule has 0 bridgehead atoms. The van der Waals surface area contributed by atoms with Gasteiger partial charge >= 0.3 is 5.76 Å². The summed E-state index contributed by atoms with van der Waals surface area (Å²) in [4.78, 5) is 14.1. The van der Waals surface area contributed by atoms with E-state index in [1.165, 1.54) is 4.57 Å². The van der Waals surface area contributed by atoms with E-state index in [1.807, 2.05) is 12.1 Å². The smallest absolute Gasteiger partial charge is 0.441 e. The lowest BCUT2D eigenvalue weighted by molar-refractivity contribution is 0.0111. The normalized spacial score (nSPS) is 16.4. The Labute approximate surface area is 162 Å². The van der Waals surface area contributed by atoms with E-state index >= 15 is 0 Å². The average molecular weight is 391 g/mol. The fourth-order valence-electron chi connectivity index (χ4n) is 3.04. The van der Waals surface area contributed by atoms with Crippen molar-refractivity contribution in [2.45, 2.75) is 12.6 Å². The SMILES string of the molecule is COc1ccc(C=Cc2noc(=O)n2CC(O)CN2CCOCC2)cc1OC. The van der Waals surface area contributed by atoms with E-state index in [0.29, 0.717) is 37.1 Å². The number of hydrogen-bond donors (Lipinski definition) is 1. The van der Waals surface area contributed by atoms with Crippen LogP contribution in [0, 0.1) is 0 Å². The van der Waals surface area contributed by atoms with E-state index in [0.717, 1.165) is 18.7 Å². The lowest BCUT2D eigenvalue weighted by Gasteiger charge is -2.28. The second kappa shape index (κ2) is 9.54. The number of rotatable bonds is 8. The zero-order chi connectivity index (χ0) is 19.9. The Kier molecular flexibility index (Phi) is 6.85. The van der Waals surface area contributed by atoms with Gasteiger partial charge in [-0.3, -0.25) is 14.0 Å². The van der Waals surface area contributed by atoms with Gasteiger partial charge in [0.1, 0.15) is 0 Å². The van der Waals surface area contributed by atoms with E-state index in [4.69, 9.17) is 18.7 Å². The summed E-state index contributed by atoms with van der Waals surface area (Å²) in [6, 6.07) is 5.46. The van der Waals surface area contributed by atoms with Crippen LogP contribution in [0.25, 0.3) is 12.2 Å². The maximum absolute atomic E-state index is 12.0. The highest BCUT2D eigenvalue weighted by Gasteiger charge is 2.18. The molecule has 1 aliphatic heterocycles. The predicted molar refractivity (Wildman–Crippen MR) is 103 cm³/mol. The Morgan fingerprint density at radius 2 is 1.93 bits per heavy atom. The number of hydrogen-bond acceptors (Lipinski definition) is 8. The van der Waals surface area contributed by atoms with Crippen LogP contribution in [0.15, 0.2) is 27.5 Å². The number of β-amino-alcohol motifs (C(OH)–C–C–N with tert-alkyl or cyclic N) is 1. The van der Waals surface area contributed by atoms with Crippen LogP contribution in [0.4, 0.5) is 0 Å². The molecule has 1 N–H and O–H groups in total. The van der Waals surface area contributed by atoms with E-state index in [9.17, 15) is 9.90 Å². The average Bonchev–Trinajstić information content (AvgIpc) is 3.06. The van der Waals surface area contributed by atoms with Gasteiger partial charge in [-0.05, 0) is 23.8 Å². The van der Waals surface area contributed by atoms with Crippen LogP contribution in [0.5, 0.6) is 11.5 Å². The molecule has 0 saturated carbocycles. The van der Waals surface area contributed by atoms with Crippen LogP contribution in [-0.2, 0) is 11.3 Å². The number of aliphatic hydroxyl groups is 1. The van der Waals surface area contributed by atoms with Crippen LogP contribution >= 0.6 is 0 Å². The first-order chi connectivity index (χ1) is 13.6. The summed E-state index contributed by atoms with van der Waals surface area (Å²) in [6.45, 7) is 3.40. The van der Waals surface area contributed by atoms with Gasteiger partial charge < -0.3 is 19.3 Å². The van der Waals surface area contributed by atoms with Crippen molar-refractivity contribution in [3.8, 4) is 11.5 Å². The van der Waals surface area contributed by atoms with Crippen molar-refractivity contribution in [3.05, 3.63) is 40.1 Å². The van der Waals surface area contributed by atoms with Crippen molar-refractivity contribution in [1.29, 1.82) is 0 Å². The molecule has 0 radical (unpaired) electrons. The Hall–Kier alpha value is -2.62. The molecule has 152 valence electrons. The third-order valence-electron chi connectivity index (χ3n) is 4.51. The summed E-state index contributed by atoms with van der Waals surface area (Å²) in [5.41, 5.74) is 0.841. The molecule has 2 heterocycles. The molecule has 1 atom stereocenters. The zero-order valence-corrected chi connectivity index (χ0v) is 16.0. The van der Waals surface area contributed by atoms with Gasteiger partial charge in [0.15, 0.2) is 17.3 Å². The third kappa shape index (κ3) is 5.00. The molecule has 2 aromatic rings. The number of benzene rings is 1. The standard InChI is InChI=1S/C19H25N3O6/c1-25-16-5-3-14(11-17(16)26-2)4-6-18-20-28-19(24)22(18)13-15(23)12-21-7-9-27-10-8-21/h3-6,11,15,23H,7-10,12-13H2,1-2H3. The quantitative estimate of drug-likeness (QED) is 0.703. The minimum Gasteiger partial charge on any atom is -0.493 e. The second-order valence-corrected chi connectivity index (χ2v) is 6.43. The fraction of sp³-hybridized carbons (Fsp3) is 0.474. The van der Waals surface area contributed by atoms with Gasteiger partial charge in [0.2, 0.25) is 0 Å². The third-order valence-corrected chi connectivity index (χ3v) is 4.51. The summed E-state index contributed by atoms with van der Waals surface area (Å²) < 4.78 is 21.9. The summed E-state index contributed by atoms with van der Waals surface area (Å²) >= 11 is 0. The highest BCUT2D eigenvalue weighted by Crippen LogP contribution is 2.28. The van der Waals surface area contributed by atoms with E-state index in [-0.39, 0.29) is 6.54 Å². The largest absolute Gasteiger partial charge is 0.493 e. The molecule has 9 nitrogen and oxygen atoms in total. The molecule has 0 aliphatic carbocycles. The van der Waals surface area contributed by atoms with Crippen molar-refractivity contribution < 1.29 is 23.8 Å². The van der Waals surface area contributed by atoms with Crippen molar-refractivity contribution >= 4 is 12.2 Å². The van der Waals surface area contributed by atoms with Gasteiger partial charge in [0.05, 0.1) is 40.1 Å². The fourth-order valence-corrected chi connectivity index (χ4v) is 3.04. The van der Waals surface area contributed by atoms with E-state index < -0.39 is 11.9 Å². The molecule has 9 heteroatoms. The number of aliphatic hydroxyl groups excluding tert-OH is 1. The maximum atomic E-state index is 12.0. The lowest BCUT2D eigenvalue weighted by atomic mass is 10.2. The van der Waals surface area contributed by atoms with Gasteiger partial charge in [-0.1, -0.05) is 17.3 Å². The van der Waals surface area contributed by atoms with Gasteiger partial charge in [-0.25, -0.2) is 4.79 Å². The minimum atomic E-state index is -0.719. The lowest BCUT2D eigenvalue weighted by Crippen LogP contribution is -2.42. The number of nitrogens with zero attached hydrogens (tertiary/aromatic N) is 3. The monoisotopic (exact) mass is 391 g/mol. The molecule has 28 heavy (non-hydrogen) atoms. The van der Waals surface area contributed by atoms with Crippen LogP contribution in [0.1, 0.15) is 11.4 Å². The highest BCUT2D eigenvalue weighted by atomic mass is 16.5. The predicted octanol–water partition coefficient (Wildman–Crippen LogP) is 0.717. The minimum absolute atomic E-state index is 0.102. The van der Waals surface area contributed by atoms with Crippen LogP contribution in [0.2, 0.25) is 0 Å². The summed E-state index contributed by atoms with van der Waals surface area (Å²) in [7, 11) is 3.14. The molecule has 0 spiro atoms. The topological polar surface area (TPSA) is 99.2 Å². The van der Waals surface area contributed by atoms with Crippen molar-refractivity contribution in [2.75, 3.05) is 47.1 Å². The summed E-state index contributed by atoms with van der Waals surface area (Å²) in [5, 5.41) is 14.2. The van der Waals surface area contributed by atoms with Crippen LogP contribution in [-0.4, -0.2) is 72.9 Å². The van der Waals surface area contributed by atoms with Gasteiger partial charge in [-0.2, -0.15) is 0 Å². The molecular weight excluding hydrogens is 366 g/mol. The van der Waals surface area contributed by atoms with Crippen LogP contribution in [0.3, 0.4) is 0 Å². The molecule has 0 amide bonds. The molecule has 1 aromatic carbocycles. The maximum Gasteiger partial charge on any atom is 0.441 e. The Bertz CT molecular complexity index is 854. The molecule has 3 rings (SSSR count). The first-order valence-electron chi connectivity index (χ1n) is 9.05. The highest BCUT2D eigenvalue weighted by molar-refractivity contribution is 5.68. The molecule has 1 aromatic heterocycles. The van der Waals surface area contributed by atoms with Crippen molar-refractivity contribution in [3.63, 3.8) is 0 Å². The number of aromatic nitrogens is 2. The Morgan fingerprint density at radius 3 is 2.64 bits per heavy atom. The Balaban J connectivity index is 1.70. The molecule has 1 unspecified atom stereocenters. The Morgan fingerprint density at radius 1 is 1.18 bits per heavy atom. The van der Waals surface area contributed by atoms with Gasteiger partial charge in [-0.15, -0.1) is 0 Å². The second-order valence-electron chi connectivity index (χ2n) is 6.43. The van der Waals surface area contributed by atoms with Gasteiger partial charge in [0.25, 0.3) is 0 Å². The molecule has 1 fully saturated rings. The number of morpholine rings is 1. The van der Waals surface area contributed by atoms with Crippen LogP contribution < -0.4 is 15.2 Å². The summed E-state index contributed by atoms with van der Waals surface area (Å²) in [5.74, 6) is 0.959. The number of methoxy groups -OCH3 is 2. The van der Waals surface area contributed by atoms with Crippen molar-refractivity contribution in [2.24, 2.45) is 0 Å². The molecular formula is C19H25N3O6. The zero-order valence-electron chi connectivity index (χ0n) is 16.0. The first-order valence-corrected chi connectivity index (χ1v) is 9.05. The molecule has 1 saturated heterocycles. The van der Waals surface area contributed by atoms with Crippen molar-refractivity contribution in [1.82, 2.24) is 14.6 Å². The van der Waals surface area contributed by atoms with E-state index in [1.54, 1.807) is 32.4 Å². The summed E-state index contributed by atoms with van der Waals surface area (Å²) in [6.07, 6.45) is 2.72. The first kappa shape index (κ1) is 20.1. The van der Waals surface area contributed by atoms with E-state index in [2.05, 4.69) is 10.1 Å². The number of ether oxygens (including phenoxy) is 3. The molecule has 1 aliphatic rings.